The molecule has 3 N–H and O–H groups in total. The molecule has 9 heteroatoms. The van der Waals surface area contributed by atoms with Crippen molar-refractivity contribution in [1.29, 1.82) is 0 Å². The number of nitrogens with one attached hydrogen (secondary N) is 1. The van der Waals surface area contributed by atoms with Crippen LogP contribution in [0.5, 0.6) is 0 Å². The first-order valence-corrected chi connectivity index (χ1v) is 9.58. The zero-order valence-electron chi connectivity index (χ0n) is 13.9. The van der Waals surface area contributed by atoms with Gasteiger partial charge in [-0.3, -0.25) is 9.69 Å². The molecule has 130 valence electrons. The quantitative estimate of drug-likeness (QED) is 0.642. The van der Waals surface area contributed by atoms with Gasteiger partial charge in [-0.25, -0.2) is 10.1 Å². The van der Waals surface area contributed by atoms with Crippen LogP contribution in [0.15, 0.2) is 34.8 Å². The van der Waals surface area contributed by atoms with Crippen molar-refractivity contribution in [2.75, 3.05) is 10.6 Å². The molecule has 25 heavy (non-hydrogen) atoms. The van der Waals surface area contributed by atoms with Gasteiger partial charge in [0.1, 0.15) is 0 Å². The molecule has 0 fully saturated rings. The smallest absolute Gasteiger partial charge is 0.230 e. The predicted octanol–water partition coefficient (Wildman–Crippen LogP) is 3.38. The number of carbonyl (C=O) groups excluding carboxylic acids is 1. The summed E-state index contributed by atoms with van der Waals surface area (Å²) in [5, 5.41) is 9.75. The van der Waals surface area contributed by atoms with E-state index in [9.17, 15) is 4.79 Å². The molecule has 0 radical (unpaired) electrons. The van der Waals surface area contributed by atoms with Gasteiger partial charge in [-0.15, -0.1) is 16.4 Å². The minimum Gasteiger partial charge on any atom is -0.368 e. The van der Waals surface area contributed by atoms with Crippen LogP contribution in [-0.4, -0.2) is 26.1 Å². The third kappa shape index (κ3) is 4.18. The number of anilines is 3. The van der Waals surface area contributed by atoms with Crippen LogP contribution >= 0.6 is 23.1 Å². The van der Waals surface area contributed by atoms with Gasteiger partial charge >= 0.3 is 0 Å². The van der Waals surface area contributed by atoms with E-state index in [1.165, 1.54) is 28.7 Å². The van der Waals surface area contributed by atoms with Gasteiger partial charge in [-0.1, -0.05) is 30.8 Å². The molecule has 0 saturated carbocycles. The molecule has 0 aliphatic heterocycles. The maximum absolute atomic E-state index is 12.1. The zero-order chi connectivity index (χ0) is 17.8. The van der Waals surface area contributed by atoms with Crippen LogP contribution in [0, 0.1) is 0 Å². The number of aromatic nitrogens is 4. The van der Waals surface area contributed by atoms with Gasteiger partial charge in [0.15, 0.2) is 5.13 Å². The molecular formula is C16H18N6OS2. The second-order valence-corrected chi connectivity index (χ2v) is 7.07. The molecule has 2 heterocycles. The summed E-state index contributed by atoms with van der Waals surface area (Å²) in [6.07, 6.45) is 0.963. The summed E-state index contributed by atoms with van der Waals surface area (Å²) in [4.78, 5) is 22.4. The van der Waals surface area contributed by atoms with Crippen molar-refractivity contribution in [3.63, 3.8) is 0 Å². The van der Waals surface area contributed by atoms with E-state index in [0.717, 1.165) is 17.8 Å². The van der Waals surface area contributed by atoms with E-state index in [2.05, 4.69) is 27.1 Å². The minimum absolute atomic E-state index is 0.0699. The van der Waals surface area contributed by atoms with Crippen molar-refractivity contribution in [2.24, 2.45) is 0 Å². The largest absolute Gasteiger partial charge is 0.368 e. The first kappa shape index (κ1) is 17.4. The highest BCUT2D eigenvalue weighted by Crippen LogP contribution is 2.31. The lowest BCUT2D eigenvalue weighted by molar-refractivity contribution is -0.115. The van der Waals surface area contributed by atoms with E-state index in [1.807, 2.05) is 29.6 Å². The van der Waals surface area contributed by atoms with Gasteiger partial charge in [-0.05, 0) is 24.1 Å². The van der Waals surface area contributed by atoms with E-state index >= 15 is 0 Å². The van der Waals surface area contributed by atoms with Crippen molar-refractivity contribution in [3.8, 4) is 0 Å². The van der Waals surface area contributed by atoms with Gasteiger partial charge in [0.2, 0.25) is 17.0 Å². The Hall–Kier alpha value is -2.39. The number of aromatic amines is 1. The summed E-state index contributed by atoms with van der Waals surface area (Å²) in [5.74, 6) is 0.827. The molecule has 0 saturated heterocycles. The number of benzene rings is 1. The Bertz CT molecular complexity index is 858. The Morgan fingerprint density at radius 1 is 1.32 bits per heavy atom. The van der Waals surface area contributed by atoms with Crippen LogP contribution in [0.4, 0.5) is 16.8 Å². The second-order valence-electron chi connectivity index (χ2n) is 5.29. The number of H-pyrrole nitrogens is 1. The lowest BCUT2D eigenvalue weighted by Gasteiger charge is -2.18. The van der Waals surface area contributed by atoms with Gasteiger partial charge in [0.05, 0.1) is 11.4 Å². The third-order valence-corrected chi connectivity index (χ3v) is 5.24. The normalized spacial score (nSPS) is 10.8. The molecule has 1 amide bonds. The standard InChI is InChI=1S/C16H18N6OS2/c1-3-11-4-6-13(7-5-11)22(10(2)23)16-18-12(9-25-16)8-24-15-19-14(17)20-21-15/h4-7,9H,3,8H2,1-2H3,(H3,17,19,20,21). The molecule has 3 aromatic rings. The highest BCUT2D eigenvalue weighted by Gasteiger charge is 2.18. The molecule has 0 bridgehead atoms. The molecule has 7 nitrogen and oxygen atoms in total. The molecule has 0 aliphatic carbocycles. The third-order valence-electron chi connectivity index (χ3n) is 3.48. The number of hydrogen-bond donors (Lipinski definition) is 2. The van der Waals surface area contributed by atoms with Gasteiger partial charge in [0.25, 0.3) is 0 Å². The summed E-state index contributed by atoms with van der Waals surface area (Å²) in [7, 11) is 0. The monoisotopic (exact) mass is 374 g/mol. The van der Waals surface area contributed by atoms with Crippen LogP contribution in [-0.2, 0) is 17.0 Å². The Morgan fingerprint density at radius 2 is 2.08 bits per heavy atom. The number of nitrogen functional groups attached to an aromatic ring is 1. The molecule has 0 atom stereocenters. The fraction of sp³-hybridized carbons (Fsp3) is 0.250. The van der Waals surface area contributed by atoms with Crippen molar-refractivity contribution < 1.29 is 4.79 Å². The van der Waals surface area contributed by atoms with Crippen molar-refractivity contribution in [3.05, 3.63) is 40.9 Å². The van der Waals surface area contributed by atoms with Crippen molar-refractivity contribution >= 4 is 45.8 Å². The summed E-state index contributed by atoms with van der Waals surface area (Å²) in [5.41, 5.74) is 8.43. The van der Waals surface area contributed by atoms with Crippen LogP contribution in [0.2, 0.25) is 0 Å². The topological polar surface area (TPSA) is 101 Å². The maximum Gasteiger partial charge on any atom is 0.230 e. The van der Waals surface area contributed by atoms with Crippen LogP contribution < -0.4 is 10.6 Å². The number of thiazole rings is 1. The minimum atomic E-state index is -0.0699. The lowest BCUT2D eigenvalue weighted by Crippen LogP contribution is -2.22. The number of thioether (sulfide) groups is 1. The fourth-order valence-electron chi connectivity index (χ4n) is 2.23. The maximum atomic E-state index is 12.1. The lowest BCUT2D eigenvalue weighted by atomic mass is 10.1. The zero-order valence-corrected chi connectivity index (χ0v) is 15.5. The Morgan fingerprint density at radius 3 is 2.68 bits per heavy atom. The summed E-state index contributed by atoms with van der Waals surface area (Å²) in [6.45, 7) is 3.64. The average Bonchev–Trinajstić information content (AvgIpc) is 3.22. The number of carbonyl (C=O) groups is 1. The summed E-state index contributed by atoms with van der Waals surface area (Å²) in [6, 6.07) is 7.96. The molecule has 0 unspecified atom stereocenters. The first-order chi connectivity index (χ1) is 12.1. The van der Waals surface area contributed by atoms with E-state index in [1.54, 1.807) is 11.8 Å². The number of aryl methyl sites for hydroxylation is 1. The highest BCUT2D eigenvalue weighted by molar-refractivity contribution is 7.98. The molecule has 3 rings (SSSR count). The fourth-order valence-corrected chi connectivity index (χ4v) is 3.92. The van der Waals surface area contributed by atoms with Crippen LogP contribution in [0.3, 0.4) is 0 Å². The molecular weight excluding hydrogens is 356 g/mol. The SMILES string of the molecule is CCc1ccc(N(C(C)=O)c2nc(CSc3n[nH]c(N)n3)cs2)cc1. The molecule has 0 spiro atoms. The number of hydrogen-bond acceptors (Lipinski definition) is 7. The molecule has 1 aromatic carbocycles. The first-order valence-electron chi connectivity index (χ1n) is 7.71. The number of nitrogens with two attached hydrogens (primary N) is 1. The van der Waals surface area contributed by atoms with Gasteiger partial charge in [-0.2, -0.15) is 4.98 Å². The van der Waals surface area contributed by atoms with Crippen LogP contribution in [0.25, 0.3) is 0 Å². The number of rotatable bonds is 6. The average molecular weight is 374 g/mol. The number of nitrogens with zero attached hydrogens (tertiary/aromatic N) is 4. The molecule has 2 aromatic heterocycles. The second kappa shape index (κ2) is 7.66. The van der Waals surface area contributed by atoms with Crippen molar-refractivity contribution in [2.45, 2.75) is 31.2 Å². The van der Waals surface area contributed by atoms with Crippen molar-refractivity contribution in [1.82, 2.24) is 20.2 Å². The number of amides is 1. The van der Waals surface area contributed by atoms with Gasteiger partial charge in [0, 0.05) is 18.1 Å². The van der Waals surface area contributed by atoms with E-state index in [-0.39, 0.29) is 5.91 Å². The highest BCUT2D eigenvalue weighted by atomic mass is 32.2. The van der Waals surface area contributed by atoms with Crippen LogP contribution in [0.1, 0.15) is 25.1 Å². The molecule has 0 aliphatic rings. The predicted molar refractivity (Wildman–Crippen MR) is 101 cm³/mol. The Labute approximate surface area is 153 Å². The van der Waals surface area contributed by atoms with Gasteiger partial charge < -0.3 is 5.73 Å². The summed E-state index contributed by atoms with van der Waals surface area (Å²) >= 11 is 2.87. The van der Waals surface area contributed by atoms with E-state index in [4.69, 9.17) is 5.73 Å². The summed E-state index contributed by atoms with van der Waals surface area (Å²) < 4.78 is 0. The van der Waals surface area contributed by atoms with E-state index < -0.39 is 0 Å². The Balaban J connectivity index is 1.75. The van der Waals surface area contributed by atoms with E-state index in [0.29, 0.717) is 22.0 Å². The Kier molecular flexibility index (Phi) is 5.34.